The lowest BCUT2D eigenvalue weighted by atomic mass is 9.49. The van der Waals surface area contributed by atoms with Crippen LogP contribution in [0.2, 0.25) is 0 Å². The first-order valence-electron chi connectivity index (χ1n) is 10.6. The predicted octanol–water partition coefficient (Wildman–Crippen LogP) is 2.84. The lowest BCUT2D eigenvalue weighted by Crippen LogP contribution is -2.55. The monoisotopic (exact) mass is 419 g/mol. The van der Waals surface area contributed by atoms with E-state index in [1.807, 2.05) is 6.92 Å². The Morgan fingerprint density at radius 3 is 2.48 bits per heavy atom. The standard InChI is InChI=1S/C21H32F3NO4/c1-19(7-5-13(27)9-12(19)11-26)16-6-8-20(2)15(3-4-17(20)28)14(16)10-25-18(29)21(22,23)24/h12-16,26-27H,3-11H2,1-2H3,(H,25,29)/t12-,13+,14+,15+,16+,19+,20+/m1/s1. The van der Waals surface area contributed by atoms with E-state index in [-0.39, 0.29) is 48.0 Å². The van der Waals surface area contributed by atoms with Gasteiger partial charge in [-0.2, -0.15) is 13.2 Å². The summed E-state index contributed by atoms with van der Waals surface area (Å²) in [7, 11) is 0. The maximum absolute atomic E-state index is 12.8. The predicted molar refractivity (Wildman–Crippen MR) is 99.7 cm³/mol. The fourth-order valence-electron chi connectivity index (χ4n) is 6.64. The first-order chi connectivity index (χ1) is 13.4. The molecule has 0 aromatic rings. The summed E-state index contributed by atoms with van der Waals surface area (Å²) >= 11 is 0. The second-order valence-corrected chi connectivity index (χ2v) is 9.82. The molecule has 3 aliphatic rings. The number of carbonyl (C=O) groups is 2. The van der Waals surface area contributed by atoms with Gasteiger partial charge in [-0.15, -0.1) is 0 Å². The van der Waals surface area contributed by atoms with Gasteiger partial charge in [0.25, 0.3) is 0 Å². The fraction of sp³-hybridized carbons (Fsp3) is 0.905. The van der Waals surface area contributed by atoms with Crippen molar-refractivity contribution in [1.29, 1.82) is 0 Å². The van der Waals surface area contributed by atoms with E-state index in [0.717, 1.165) is 0 Å². The van der Waals surface area contributed by atoms with Gasteiger partial charge in [0.15, 0.2) is 0 Å². The number of Topliss-reactive ketones (excluding diaryl/α,β-unsaturated/α-hetero) is 1. The molecule has 8 heteroatoms. The fourth-order valence-corrected chi connectivity index (χ4v) is 6.64. The number of aliphatic hydroxyl groups excluding tert-OH is 2. The molecule has 5 nitrogen and oxygen atoms in total. The zero-order valence-corrected chi connectivity index (χ0v) is 17.1. The van der Waals surface area contributed by atoms with E-state index in [0.29, 0.717) is 44.9 Å². The minimum absolute atomic E-state index is 0.0235. The molecular formula is C21H32F3NO4. The molecule has 0 bridgehead atoms. The van der Waals surface area contributed by atoms with E-state index in [1.165, 1.54) is 0 Å². The van der Waals surface area contributed by atoms with Crippen molar-refractivity contribution < 1.29 is 33.0 Å². The summed E-state index contributed by atoms with van der Waals surface area (Å²) in [6, 6.07) is 0. The summed E-state index contributed by atoms with van der Waals surface area (Å²) in [5, 5.41) is 22.1. The highest BCUT2D eigenvalue weighted by atomic mass is 19.4. The van der Waals surface area contributed by atoms with Gasteiger partial charge in [-0.3, -0.25) is 9.59 Å². The molecule has 0 spiro atoms. The molecule has 3 saturated carbocycles. The maximum Gasteiger partial charge on any atom is 0.471 e. The molecule has 166 valence electrons. The highest BCUT2D eigenvalue weighted by Gasteiger charge is 2.58. The molecule has 3 aliphatic carbocycles. The van der Waals surface area contributed by atoms with Crippen molar-refractivity contribution >= 4 is 11.7 Å². The Morgan fingerprint density at radius 1 is 1.17 bits per heavy atom. The van der Waals surface area contributed by atoms with Crippen LogP contribution < -0.4 is 5.32 Å². The molecule has 1 amide bonds. The van der Waals surface area contributed by atoms with Crippen molar-refractivity contribution in [3.63, 3.8) is 0 Å². The number of fused-ring (bicyclic) bond motifs is 1. The second-order valence-electron chi connectivity index (χ2n) is 9.82. The van der Waals surface area contributed by atoms with Crippen molar-refractivity contribution in [2.75, 3.05) is 13.2 Å². The number of alkyl halides is 3. The summed E-state index contributed by atoms with van der Waals surface area (Å²) in [5.41, 5.74) is -0.905. The maximum atomic E-state index is 12.8. The smallest absolute Gasteiger partial charge is 0.396 e. The zero-order valence-electron chi connectivity index (χ0n) is 17.1. The second kappa shape index (κ2) is 7.84. The van der Waals surface area contributed by atoms with Gasteiger partial charge in [-0.25, -0.2) is 0 Å². The molecule has 29 heavy (non-hydrogen) atoms. The molecule has 0 saturated heterocycles. The Morgan fingerprint density at radius 2 is 1.86 bits per heavy atom. The lowest BCUT2D eigenvalue weighted by Gasteiger charge is -2.56. The van der Waals surface area contributed by atoms with Crippen LogP contribution in [0.5, 0.6) is 0 Å². The first-order valence-corrected chi connectivity index (χ1v) is 10.6. The van der Waals surface area contributed by atoms with E-state index in [4.69, 9.17) is 0 Å². The summed E-state index contributed by atoms with van der Waals surface area (Å²) < 4.78 is 38.3. The van der Waals surface area contributed by atoms with Crippen molar-refractivity contribution in [2.45, 2.75) is 71.1 Å². The normalized spacial score (nSPS) is 43.1. The molecular weight excluding hydrogens is 387 g/mol. The van der Waals surface area contributed by atoms with Crippen molar-refractivity contribution in [2.24, 2.45) is 34.5 Å². The van der Waals surface area contributed by atoms with Gasteiger partial charge in [0, 0.05) is 25.0 Å². The number of ketones is 1. The highest BCUT2D eigenvalue weighted by Crippen LogP contribution is 2.61. The van der Waals surface area contributed by atoms with Gasteiger partial charge < -0.3 is 15.5 Å². The molecule has 0 aliphatic heterocycles. The van der Waals surface area contributed by atoms with Gasteiger partial charge in [0.2, 0.25) is 0 Å². The molecule has 0 radical (unpaired) electrons. The van der Waals surface area contributed by atoms with Gasteiger partial charge in [-0.05, 0) is 67.6 Å². The van der Waals surface area contributed by atoms with E-state index in [1.54, 1.807) is 0 Å². The van der Waals surface area contributed by atoms with Crippen LogP contribution in [0.1, 0.15) is 58.8 Å². The molecule has 3 fully saturated rings. The van der Waals surface area contributed by atoms with Crippen LogP contribution in [0.4, 0.5) is 13.2 Å². The van der Waals surface area contributed by atoms with Crippen molar-refractivity contribution in [3.05, 3.63) is 0 Å². The largest absolute Gasteiger partial charge is 0.471 e. The number of nitrogens with one attached hydrogen (secondary N) is 1. The van der Waals surface area contributed by atoms with E-state index >= 15 is 0 Å². The minimum Gasteiger partial charge on any atom is -0.396 e. The average Bonchev–Trinajstić information content (AvgIpc) is 2.95. The summed E-state index contributed by atoms with van der Waals surface area (Å²) in [4.78, 5) is 24.1. The van der Waals surface area contributed by atoms with Crippen LogP contribution in [0.25, 0.3) is 0 Å². The van der Waals surface area contributed by atoms with Crippen LogP contribution in [0.3, 0.4) is 0 Å². The Hall–Kier alpha value is -1.15. The topological polar surface area (TPSA) is 86.6 Å². The van der Waals surface area contributed by atoms with Gasteiger partial charge in [0.1, 0.15) is 5.78 Å². The SMILES string of the molecule is C[C@]1([C@H]2CC[C@]3(C)C(=O)CC[C@H]3[C@@H]2CNC(=O)C(F)(F)F)CC[C@H](O)C[C@@H]1CO. The molecule has 0 aromatic heterocycles. The molecule has 0 heterocycles. The number of hydrogen-bond acceptors (Lipinski definition) is 4. The van der Waals surface area contributed by atoms with E-state index < -0.39 is 23.6 Å². The van der Waals surface area contributed by atoms with E-state index in [2.05, 4.69) is 12.2 Å². The molecule has 0 aromatic carbocycles. The van der Waals surface area contributed by atoms with Crippen LogP contribution in [-0.2, 0) is 9.59 Å². The zero-order chi connectivity index (χ0) is 21.6. The average molecular weight is 419 g/mol. The van der Waals surface area contributed by atoms with Gasteiger partial charge in [-0.1, -0.05) is 13.8 Å². The molecule has 3 N–H and O–H groups in total. The number of amides is 1. The Labute approximate surface area is 169 Å². The lowest BCUT2D eigenvalue weighted by molar-refractivity contribution is -0.174. The van der Waals surface area contributed by atoms with Gasteiger partial charge >= 0.3 is 12.1 Å². The molecule has 3 rings (SSSR count). The van der Waals surface area contributed by atoms with Crippen LogP contribution in [0.15, 0.2) is 0 Å². The number of hydrogen-bond donors (Lipinski definition) is 3. The highest BCUT2D eigenvalue weighted by molar-refractivity contribution is 5.87. The van der Waals surface area contributed by atoms with Crippen molar-refractivity contribution in [3.8, 4) is 0 Å². The Bertz CT molecular complexity index is 654. The first kappa shape index (κ1) is 22.5. The quantitative estimate of drug-likeness (QED) is 0.654. The summed E-state index contributed by atoms with van der Waals surface area (Å²) in [6.45, 7) is 3.76. The third-order valence-electron chi connectivity index (χ3n) is 8.47. The number of rotatable bonds is 4. The van der Waals surface area contributed by atoms with Crippen LogP contribution >= 0.6 is 0 Å². The van der Waals surface area contributed by atoms with E-state index in [9.17, 15) is 33.0 Å². The third-order valence-corrected chi connectivity index (χ3v) is 8.47. The van der Waals surface area contributed by atoms with Crippen LogP contribution in [-0.4, -0.2) is 47.3 Å². The molecule has 7 atom stereocenters. The molecule has 0 unspecified atom stereocenters. The number of aliphatic hydroxyl groups is 2. The number of carbonyl (C=O) groups excluding carboxylic acids is 2. The number of halogens is 3. The van der Waals surface area contributed by atoms with Crippen molar-refractivity contribution in [1.82, 2.24) is 5.32 Å². The third kappa shape index (κ3) is 3.94. The van der Waals surface area contributed by atoms with Crippen LogP contribution in [0, 0.1) is 34.5 Å². The minimum atomic E-state index is -4.94. The van der Waals surface area contributed by atoms with Gasteiger partial charge in [0.05, 0.1) is 6.10 Å². The summed E-state index contributed by atoms with van der Waals surface area (Å²) in [6.07, 6.45) is -1.29. The summed E-state index contributed by atoms with van der Waals surface area (Å²) in [5.74, 6) is -2.30. The Kier molecular flexibility index (Phi) is 6.09. The Balaban J connectivity index is 1.90.